The van der Waals surface area contributed by atoms with Crippen LogP contribution in [-0.2, 0) is 6.54 Å². The number of aliphatic imine (C=N–C) groups is 1. The maximum absolute atomic E-state index is 11.6. The third kappa shape index (κ3) is 5.05. The highest BCUT2D eigenvalue weighted by molar-refractivity contribution is 6.09. The Balaban J connectivity index is 1.70. The Morgan fingerprint density at radius 1 is 1.18 bits per heavy atom. The Labute approximate surface area is 196 Å². The fraction of sp³-hybridized carbons (Fsp3) is 0.0800. The van der Waals surface area contributed by atoms with Gasteiger partial charge in [0, 0.05) is 41.9 Å². The molecule has 1 aromatic carbocycles. The number of pyridine rings is 1. The zero-order valence-corrected chi connectivity index (χ0v) is 18.5. The van der Waals surface area contributed by atoms with E-state index in [2.05, 4.69) is 37.6 Å². The molecule has 0 radical (unpaired) electrons. The lowest BCUT2D eigenvalue weighted by Gasteiger charge is -2.24. The maximum atomic E-state index is 11.6. The van der Waals surface area contributed by atoms with E-state index < -0.39 is 5.91 Å². The van der Waals surface area contributed by atoms with E-state index in [-0.39, 0.29) is 0 Å². The van der Waals surface area contributed by atoms with Gasteiger partial charge in [-0.2, -0.15) is 0 Å². The predicted molar refractivity (Wildman–Crippen MR) is 131 cm³/mol. The lowest BCUT2D eigenvalue weighted by atomic mass is 10.1. The van der Waals surface area contributed by atoms with Gasteiger partial charge in [-0.05, 0) is 54.0 Å². The fourth-order valence-electron chi connectivity index (χ4n) is 3.43. The van der Waals surface area contributed by atoms with Crippen molar-refractivity contribution in [2.24, 2.45) is 4.99 Å². The number of hydrogen-bond acceptors (Lipinski definition) is 6. The molecule has 0 saturated carbocycles. The molecule has 0 bridgehead atoms. The number of H-pyrrole nitrogens is 1. The van der Waals surface area contributed by atoms with Gasteiger partial charge in [-0.25, -0.2) is 20.4 Å². The summed E-state index contributed by atoms with van der Waals surface area (Å²) in [6.45, 7) is 6.17. The molecule has 9 nitrogen and oxygen atoms in total. The average Bonchev–Trinajstić information content (AvgIpc) is 3.35. The van der Waals surface area contributed by atoms with Crippen LogP contribution in [0.25, 0.3) is 16.6 Å². The minimum atomic E-state index is -0.571. The largest absolute Gasteiger partial charge is 0.346 e. The van der Waals surface area contributed by atoms with Crippen LogP contribution in [0.3, 0.4) is 0 Å². The van der Waals surface area contributed by atoms with Gasteiger partial charge in [-0.15, -0.1) is 0 Å². The first kappa shape index (κ1) is 22.6. The molecule has 0 aliphatic heterocycles. The maximum Gasteiger partial charge on any atom is 0.274 e. The molecule has 3 N–H and O–H groups in total. The van der Waals surface area contributed by atoms with Crippen LogP contribution < -0.4 is 10.4 Å². The Hall–Kier alpha value is -4.63. The fourth-order valence-corrected chi connectivity index (χ4v) is 3.43. The topological polar surface area (TPSA) is 119 Å². The second-order valence-corrected chi connectivity index (χ2v) is 7.42. The summed E-state index contributed by atoms with van der Waals surface area (Å²) in [5.74, 6) is 0.640. The number of nitrogens with zero attached hydrogens (tertiary/aromatic N) is 5. The molecular formula is C25H23N7O2. The van der Waals surface area contributed by atoms with Crippen LogP contribution in [-0.4, -0.2) is 36.9 Å². The van der Waals surface area contributed by atoms with Crippen LogP contribution in [0.1, 0.15) is 28.4 Å². The van der Waals surface area contributed by atoms with Crippen molar-refractivity contribution in [1.29, 1.82) is 0 Å². The normalized spacial score (nSPS) is 11.9. The van der Waals surface area contributed by atoms with E-state index in [0.29, 0.717) is 23.8 Å². The van der Waals surface area contributed by atoms with Crippen molar-refractivity contribution < 1.29 is 10.0 Å². The summed E-state index contributed by atoms with van der Waals surface area (Å²) in [5, 5.41) is 9.87. The molecule has 9 heteroatoms. The second kappa shape index (κ2) is 10.3. The van der Waals surface area contributed by atoms with E-state index in [1.807, 2.05) is 36.4 Å². The first-order valence-electron chi connectivity index (χ1n) is 10.5. The first-order chi connectivity index (χ1) is 16.6. The van der Waals surface area contributed by atoms with Crippen LogP contribution in [0, 0.1) is 0 Å². The summed E-state index contributed by atoms with van der Waals surface area (Å²) in [6.07, 6.45) is 12.0. The number of nitrogens with one attached hydrogen (secondary N) is 2. The molecule has 0 unspecified atom stereocenters. The second-order valence-electron chi connectivity index (χ2n) is 7.42. The number of aromatic amines is 1. The molecular weight excluding hydrogens is 430 g/mol. The molecule has 0 aliphatic rings. The summed E-state index contributed by atoms with van der Waals surface area (Å²) < 4.78 is 0. The zero-order valence-electron chi connectivity index (χ0n) is 18.5. The molecule has 3 aromatic heterocycles. The zero-order chi connectivity index (χ0) is 23.9. The molecule has 0 spiro atoms. The van der Waals surface area contributed by atoms with Crippen molar-refractivity contribution in [3.05, 3.63) is 103 Å². The molecule has 34 heavy (non-hydrogen) atoms. The van der Waals surface area contributed by atoms with Gasteiger partial charge < -0.3 is 9.88 Å². The molecule has 0 atom stereocenters. The SMILES string of the molecule is C=CN=C(/C=C(\C)c1cnc2[nH]ccc2c1)N(Cc1ccc(C(=O)NO)cc1)c1cnccn1. The predicted octanol–water partition coefficient (Wildman–Crippen LogP) is 4.12. The third-order valence-electron chi connectivity index (χ3n) is 5.19. The standard InChI is InChI=1S/C25H23N7O2/c1-3-27-22(12-17(2)21-13-20-8-9-29-24(20)30-14-21)32(23-15-26-10-11-28-23)16-18-4-6-19(7-5-18)25(33)31-34/h3-15,34H,1,16H2,2H3,(H,29,30)(H,31,33)/b17-12+,27-22?. The van der Waals surface area contributed by atoms with E-state index >= 15 is 0 Å². The van der Waals surface area contributed by atoms with Gasteiger partial charge >= 0.3 is 0 Å². The minimum Gasteiger partial charge on any atom is -0.346 e. The van der Waals surface area contributed by atoms with Crippen molar-refractivity contribution in [1.82, 2.24) is 25.4 Å². The van der Waals surface area contributed by atoms with Crippen LogP contribution in [0.4, 0.5) is 5.82 Å². The summed E-state index contributed by atoms with van der Waals surface area (Å²) in [4.78, 5) is 34.3. The number of benzene rings is 1. The molecule has 1 amide bonds. The number of carbonyl (C=O) groups excluding carboxylic acids is 1. The minimum absolute atomic E-state index is 0.348. The summed E-state index contributed by atoms with van der Waals surface area (Å²) in [7, 11) is 0. The average molecular weight is 454 g/mol. The van der Waals surface area contributed by atoms with E-state index in [1.54, 1.807) is 48.3 Å². The van der Waals surface area contributed by atoms with Gasteiger partial charge in [0.25, 0.3) is 5.91 Å². The van der Waals surface area contributed by atoms with Crippen LogP contribution >= 0.6 is 0 Å². The third-order valence-corrected chi connectivity index (χ3v) is 5.19. The number of anilines is 1. The van der Waals surface area contributed by atoms with Crippen molar-refractivity contribution in [3.63, 3.8) is 0 Å². The van der Waals surface area contributed by atoms with Crippen molar-refractivity contribution in [3.8, 4) is 0 Å². The Morgan fingerprint density at radius 2 is 2.00 bits per heavy atom. The highest BCUT2D eigenvalue weighted by atomic mass is 16.5. The Morgan fingerprint density at radius 3 is 2.71 bits per heavy atom. The number of fused-ring (bicyclic) bond motifs is 1. The van der Waals surface area contributed by atoms with Gasteiger partial charge in [0.15, 0.2) is 5.82 Å². The van der Waals surface area contributed by atoms with E-state index in [4.69, 9.17) is 5.21 Å². The van der Waals surface area contributed by atoms with Crippen LogP contribution in [0.15, 0.2) is 91.2 Å². The number of rotatable bonds is 7. The van der Waals surface area contributed by atoms with Gasteiger partial charge in [-0.3, -0.25) is 15.0 Å². The quantitative estimate of drug-likeness (QED) is 0.168. The number of allylic oxidation sites excluding steroid dienone is 1. The van der Waals surface area contributed by atoms with Gasteiger partial charge in [-0.1, -0.05) is 18.7 Å². The number of amides is 1. The lowest BCUT2D eigenvalue weighted by molar-refractivity contribution is 0.0706. The van der Waals surface area contributed by atoms with Gasteiger partial charge in [0.1, 0.15) is 11.5 Å². The number of aromatic nitrogens is 4. The van der Waals surface area contributed by atoms with Crippen LogP contribution in [0.2, 0.25) is 0 Å². The van der Waals surface area contributed by atoms with Crippen molar-refractivity contribution in [2.45, 2.75) is 13.5 Å². The molecule has 0 aliphatic carbocycles. The van der Waals surface area contributed by atoms with Gasteiger partial charge in [0.2, 0.25) is 0 Å². The smallest absolute Gasteiger partial charge is 0.274 e. The molecule has 0 saturated heterocycles. The van der Waals surface area contributed by atoms with Crippen molar-refractivity contribution in [2.75, 3.05) is 4.90 Å². The van der Waals surface area contributed by atoms with E-state index in [9.17, 15) is 4.79 Å². The lowest BCUT2D eigenvalue weighted by Crippen LogP contribution is -2.30. The van der Waals surface area contributed by atoms with Crippen LogP contribution in [0.5, 0.6) is 0 Å². The summed E-state index contributed by atoms with van der Waals surface area (Å²) >= 11 is 0. The van der Waals surface area contributed by atoms with Gasteiger partial charge in [0.05, 0.1) is 12.7 Å². The monoisotopic (exact) mass is 453 g/mol. The Bertz CT molecular complexity index is 1360. The number of amidine groups is 1. The summed E-state index contributed by atoms with van der Waals surface area (Å²) in [6, 6.07) is 10.9. The van der Waals surface area contributed by atoms with Crippen molar-refractivity contribution >= 4 is 34.2 Å². The molecule has 4 aromatic rings. The van der Waals surface area contributed by atoms with E-state index in [0.717, 1.165) is 27.7 Å². The highest BCUT2D eigenvalue weighted by Gasteiger charge is 2.16. The number of carbonyl (C=O) groups is 1. The number of hydrogen-bond donors (Lipinski definition) is 3. The molecule has 170 valence electrons. The summed E-state index contributed by atoms with van der Waals surface area (Å²) in [5.41, 5.74) is 5.63. The molecule has 4 rings (SSSR count). The Kier molecular flexibility index (Phi) is 6.85. The number of hydroxylamine groups is 1. The highest BCUT2D eigenvalue weighted by Crippen LogP contribution is 2.21. The molecule has 0 fully saturated rings. The first-order valence-corrected chi connectivity index (χ1v) is 10.5. The van der Waals surface area contributed by atoms with E-state index in [1.165, 1.54) is 6.20 Å². The molecule has 3 heterocycles.